The van der Waals surface area contributed by atoms with Crippen molar-refractivity contribution in [2.24, 2.45) is 0 Å². The summed E-state index contributed by atoms with van der Waals surface area (Å²) >= 11 is 5.92. The summed E-state index contributed by atoms with van der Waals surface area (Å²) in [5.74, 6) is 0.634. The lowest BCUT2D eigenvalue weighted by atomic mass is 10.2. The normalized spacial score (nSPS) is 10.8. The molecule has 28 heavy (non-hydrogen) atoms. The molecule has 7 nitrogen and oxygen atoms in total. The highest BCUT2D eigenvalue weighted by Crippen LogP contribution is 2.21. The first-order valence-electron chi connectivity index (χ1n) is 9.03. The maximum Gasteiger partial charge on any atom is 0.277 e. The van der Waals surface area contributed by atoms with Gasteiger partial charge in [0.2, 0.25) is 5.91 Å². The van der Waals surface area contributed by atoms with Gasteiger partial charge in [-0.2, -0.15) is 0 Å². The van der Waals surface area contributed by atoms with E-state index in [1.54, 1.807) is 30.3 Å². The molecule has 3 rings (SSSR count). The molecule has 0 atom stereocenters. The van der Waals surface area contributed by atoms with Crippen molar-refractivity contribution in [1.29, 1.82) is 0 Å². The molecular weight excluding hydrogens is 380 g/mol. The molecule has 0 radical (unpaired) electrons. The molecule has 1 amide bonds. The maximum absolute atomic E-state index is 12.3. The topological polar surface area (TPSA) is 86.1 Å². The van der Waals surface area contributed by atoms with Gasteiger partial charge in [-0.1, -0.05) is 28.9 Å². The van der Waals surface area contributed by atoms with E-state index in [-0.39, 0.29) is 24.4 Å². The van der Waals surface area contributed by atoms with E-state index in [0.717, 1.165) is 11.3 Å². The third kappa shape index (κ3) is 5.07. The molecule has 0 saturated carbocycles. The van der Waals surface area contributed by atoms with E-state index in [9.17, 15) is 9.59 Å². The fourth-order valence-corrected chi connectivity index (χ4v) is 2.95. The van der Waals surface area contributed by atoms with Crippen LogP contribution in [0.5, 0.6) is 5.75 Å². The predicted molar refractivity (Wildman–Crippen MR) is 108 cm³/mol. The molecule has 1 heterocycles. The number of hydrogen-bond acceptors (Lipinski definition) is 5. The van der Waals surface area contributed by atoms with E-state index in [1.165, 1.54) is 4.68 Å². The lowest BCUT2D eigenvalue weighted by Crippen LogP contribution is -2.30. The Morgan fingerprint density at radius 2 is 2.07 bits per heavy atom. The summed E-state index contributed by atoms with van der Waals surface area (Å²) in [6.45, 7) is 3.09. The summed E-state index contributed by atoms with van der Waals surface area (Å²) in [4.78, 5) is 24.3. The Bertz CT molecular complexity index is 1040. The number of fused-ring (bicyclic) bond motifs is 1. The molecule has 1 N–H and O–H groups in total. The van der Waals surface area contributed by atoms with Gasteiger partial charge >= 0.3 is 0 Å². The van der Waals surface area contributed by atoms with E-state index < -0.39 is 0 Å². The lowest BCUT2D eigenvalue weighted by molar-refractivity contribution is -0.121. The highest BCUT2D eigenvalue weighted by molar-refractivity contribution is 6.30. The van der Waals surface area contributed by atoms with Crippen LogP contribution < -0.4 is 15.6 Å². The molecule has 0 unspecified atom stereocenters. The molecule has 8 heteroatoms. The fraction of sp³-hybridized carbons (Fsp3) is 0.300. The Labute approximate surface area is 167 Å². The minimum absolute atomic E-state index is 0.149. The largest absolute Gasteiger partial charge is 0.493 e. The van der Waals surface area contributed by atoms with Gasteiger partial charge in [0.25, 0.3) is 5.56 Å². The van der Waals surface area contributed by atoms with Gasteiger partial charge in [-0.25, -0.2) is 4.68 Å². The van der Waals surface area contributed by atoms with Crippen molar-refractivity contribution in [3.63, 3.8) is 0 Å². The molecule has 0 aliphatic rings. The zero-order valence-electron chi connectivity index (χ0n) is 15.5. The number of ether oxygens (including phenoxy) is 1. The minimum atomic E-state index is -0.245. The summed E-state index contributed by atoms with van der Waals surface area (Å²) in [5.41, 5.74) is 1.27. The number of hydrogen-bond donors (Lipinski definition) is 1. The second-order valence-corrected chi connectivity index (χ2v) is 6.78. The van der Waals surface area contributed by atoms with Crippen LogP contribution in [-0.2, 0) is 11.3 Å². The third-order valence-electron chi connectivity index (χ3n) is 4.22. The Morgan fingerprint density at radius 3 is 2.89 bits per heavy atom. The smallest absolute Gasteiger partial charge is 0.277 e. The first-order chi connectivity index (χ1) is 13.5. The van der Waals surface area contributed by atoms with E-state index in [0.29, 0.717) is 35.5 Å². The molecule has 2 aromatic carbocycles. The fourth-order valence-electron chi connectivity index (χ4n) is 2.72. The standard InChI is InChI=1S/C20H21ClN4O3/c1-14-13-15(21)7-8-18(14)28-12-4-10-22-19(26)9-11-25-20(27)16-5-2-3-6-17(16)23-24-25/h2-3,5-8,13H,4,9-12H2,1H3,(H,22,26). The first-order valence-corrected chi connectivity index (χ1v) is 9.40. The van der Waals surface area contributed by atoms with Gasteiger partial charge < -0.3 is 10.1 Å². The molecule has 0 aliphatic carbocycles. The van der Waals surface area contributed by atoms with Gasteiger partial charge in [0.15, 0.2) is 0 Å². The van der Waals surface area contributed by atoms with Crippen LogP contribution in [0.2, 0.25) is 5.02 Å². The Kier molecular flexibility index (Phi) is 6.60. The van der Waals surface area contributed by atoms with Gasteiger partial charge in [0.1, 0.15) is 11.3 Å². The molecule has 0 fully saturated rings. The number of halogens is 1. The molecular formula is C20H21ClN4O3. The second-order valence-electron chi connectivity index (χ2n) is 6.35. The number of carbonyl (C=O) groups is 1. The van der Waals surface area contributed by atoms with Crippen LogP contribution in [0.1, 0.15) is 18.4 Å². The van der Waals surface area contributed by atoms with Crippen LogP contribution in [0.15, 0.2) is 47.3 Å². The summed E-state index contributed by atoms with van der Waals surface area (Å²) in [5, 5.41) is 11.9. The number of benzene rings is 2. The minimum Gasteiger partial charge on any atom is -0.493 e. The van der Waals surface area contributed by atoms with Crippen molar-refractivity contribution in [3.8, 4) is 5.75 Å². The lowest BCUT2D eigenvalue weighted by Gasteiger charge is -2.10. The molecule has 0 aliphatic heterocycles. The number of nitrogens with one attached hydrogen (secondary N) is 1. The number of amides is 1. The predicted octanol–water partition coefficient (Wildman–Crippen LogP) is 2.73. The molecule has 0 spiro atoms. The molecule has 0 saturated heterocycles. The van der Waals surface area contributed by atoms with E-state index in [2.05, 4.69) is 15.6 Å². The van der Waals surface area contributed by atoms with Crippen LogP contribution in [-0.4, -0.2) is 34.1 Å². The van der Waals surface area contributed by atoms with Crippen LogP contribution in [0.4, 0.5) is 0 Å². The van der Waals surface area contributed by atoms with Gasteiger partial charge in [-0.05, 0) is 49.2 Å². The Morgan fingerprint density at radius 1 is 1.25 bits per heavy atom. The summed E-state index contributed by atoms with van der Waals surface area (Å²) in [6.07, 6.45) is 0.827. The van der Waals surface area contributed by atoms with E-state index in [1.807, 2.05) is 19.1 Å². The van der Waals surface area contributed by atoms with Gasteiger partial charge in [0.05, 0.1) is 18.5 Å². The monoisotopic (exact) mass is 400 g/mol. The number of aryl methyl sites for hydroxylation is 2. The van der Waals surface area contributed by atoms with Crippen LogP contribution in [0.3, 0.4) is 0 Å². The number of nitrogens with zero attached hydrogens (tertiary/aromatic N) is 3. The van der Waals surface area contributed by atoms with E-state index in [4.69, 9.17) is 16.3 Å². The number of carbonyl (C=O) groups excluding carboxylic acids is 1. The van der Waals surface area contributed by atoms with E-state index >= 15 is 0 Å². The molecule has 1 aromatic heterocycles. The van der Waals surface area contributed by atoms with Crippen LogP contribution in [0.25, 0.3) is 10.9 Å². The second kappa shape index (κ2) is 9.32. The van der Waals surface area contributed by atoms with Gasteiger partial charge in [0, 0.05) is 18.0 Å². The summed E-state index contributed by atoms with van der Waals surface area (Å²) < 4.78 is 6.90. The summed E-state index contributed by atoms with van der Waals surface area (Å²) in [7, 11) is 0. The number of aromatic nitrogens is 3. The summed E-state index contributed by atoms with van der Waals surface area (Å²) in [6, 6.07) is 12.5. The molecule has 3 aromatic rings. The van der Waals surface area contributed by atoms with Crippen molar-refractivity contribution in [2.45, 2.75) is 26.3 Å². The van der Waals surface area contributed by atoms with Gasteiger partial charge in [-0.15, -0.1) is 5.10 Å². The van der Waals surface area contributed by atoms with Crippen molar-refractivity contribution in [2.75, 3.05) is 13.2 Å². The average molecular weight is 401 g/mol. The first kappa shape index (κ1) is 19.8. The van der Waals surface area contributed by atoms with Gasteiger partial charge in [-0.3, -0.25) is 9.59 Å². The zero-order valence-corrected chi connectivity index (χ0v) is 16.3. The van der Waals surface area contributed by atoms with Crippen molar-refractivity contribution in [3.05, 3.63) is 63.4 Å². The SMILES string of the molecule is Cc1cc(Cl)ccc1OCCCNC(=O)CCn1nnc2ccccc2c1=O. The highest BCUT2D eigenvalue weighted by Gasteiger charge is 2.07. The average Bonchev–Trinajstić information content (AvgIpc) is 2.69. The molecule has 146 valence electrons. The third-order valence-corrected chi connectivity index (χ3v) is 4.45. The van der Waals surface area contributed by atoms with Crippen LogP contribution in [0, 0.1) is 6.92 Å². The quantitative estimate of drug-likeness (QED) is 0.587. The maximum atomic E-state index is 12.3. The highest BCUT2D eigenvalue weighted by atomic mass is 35.5. The zero-order chi connectivity index (χ0) is 19.9. The van der Waals surface area contributed by atoms with Crippen molar-refractivity contribution < 1.29 is 9.53 Å². The Balaban J connectivity index is 1.40. The number of rotatable bonds is 8. The van der Waals surface area contributed by atoms with Crippen molar-refractivity contribution in [1.82, 2.24) is 20.3 Å². The van der Waals surface area contributed by atoms with Crippen LogP contribution >= 0.6 is 11.6 Å². The Hall–Kier alpha value is -2.93. The molecule has 0 bridgehead atoms. The van der Waals surface area contributed by atoms with Crippen molar-refractivity contribution >= 4 is 28.4 Å².